The number of carbonyl (C=O) groups excluding carboxylic acids is 1. The minimum Gasteiger partial charge on any atom is -0.497 e. The number of fused-ring (bicyclic) bond motifs is 2. The molecule has 2 aromatic heterocycles. The molecule has 4 aromatic rings. The Labute approximate surface area is 216 Å². The fourth-order valence-corrected chi connectivity index (χ4v) is 6.01. The van der Waals surface area contributed by atoms with Gasteiger partial charge in [0.2, 0.25) is 5.88 Å². The number of aromatic nitrogens is 3. The number of nitrogens with zero attached hydrogens (tertiary/aromatic N) is 4. The lowest BCUT2D eigenvalue weighted by atomic mass is 9.77. The monoisotopic (exact) mass is 497 g/mol. The average Bonchev–Trinajstić information content (AvgIpc) is 3.48. The van der Waals surface area contributed by atoms with Crippen molar-refractivity contribution in [2.24, 2.45) is 11.8 Å². The largest absolute Gasteiger partial charge is 0.497 e. The molecule has 0 bridgehead atoms. The molecule has 4 atom stereocenters. The molecule has 1 saturated heterocycles. The van der Waals surface area contributed by atoms with Crippen LogP contribution in [0, 0.1) is 18.8 Å². The standard InChI is InChI=1S/C29H31N5O3/c1-19-31-24-10-3-4-11-25(24)34(19)26-14-20-17-33(29(35)32-22-8-7-9-23(16-22)36-2)18-21(20)15-27(26)37-28-12-5-6-13-30-28/h3-13,16,20-21,26-27H,14-15,17-18H2,1-2H3,(H,32,35)/t20-,21+,26-,27-/m0/s1. The number of amides is 2. The van der Waals surface area contributed by atoms with Crippen LogP contribution >= 0.6 is 0 Å². The Hall–Kier alpha value is -4.07. The van der Waals surface area contributed by atoms with Gasteiger partial charge < -0.3 is 24.3 Å². The Balaban J connectivity index is 1.26. The Morgan fingerprint density at radius 3 is 2.62 bits per heavy atom. The maximum absolute atomic E-state index is 13.2. The highest BCUT2D eigenvalue weighted by atomic mass is 16.5. The van der Waals surface area contributed by atoms with Gasteiger partial charge in [-0.3, -0.25) is 0 Å². The zero-order chi connectivity index (χ0) is 25.4. The summed E-state index contributed by atoms with van der Waals surface area (Å²) in [6, 6.07) is 21.5. The summed E-state index contributed by atoms with van der Waals surface area (Å²) in [4.78, 5) is 24.4. The number of ether oxygens (including phenoxy) is 2. The fourth-order valence-electron chi connectivity index (χ4n) is 6.01. The molecule has 1 N–H and O–H groups in total. The van der Waals surface area contributed by atoms with Crippen molar-refractivity contribution in [2.45, 2.75) is 31.9 Å². The van der Waals surface area contributed by atoms with Crippen molar-refractivity contribution < 1.29 is 14.3 Å². The van der Waals surface area contributed by atoms with Crippen molar-refractivity contribution in [1.82, 2.24) is 19.4 Å². The van der Waals surface area contributed by atoms with E-state index in [9.17, 15) is 4.79 Å². The molecule has 8 heteroatoms. The third kappa shape index (κ3) is 4.59. The maximum atomic E-state index is 13.2. The molecule has 0 spiro atoms. The Bertz CT molecular complexity index is 1410. The molecule has 37 heavy (non-hydrogen) atoms. The van der Waals surface area contributed by atoms with E-state index >= 15 is 0 Å². The number of para-hydroxylation sites is 2. The maximum Gasteiger partial charge on any atom is 0.321 e. The predicted molar refractivity (Wildman–Crippen MR) is 142 cm³/mol. The molecule has 2 amide bonds. The van der Waals surface area contributed by atoms with Crippen molar-refractivity contribution in [3.05, 3.63) is 78.8 Å². The minimum absolute atomic E-state index is 0.0751. The van der Waals surface area contributed by atoms with Gasteiger partial charge in [0.05, 0.1) is 24.2 Å². The van der Waals surface area contributed by atoms with Crippen molar-refractivity contribution in [3.8, 4) is 11.6 Å². The normalized spacial score (nSPS) is 23.0. The van der Waals surface area contributed by atoms with E-state index in [4.69, 9.17) is 14.5 Å². The summed E-state index contributed by atoms with van der Waals surface area (Å²) in [5.41, 5.74) is 2.84. The molecule has 6 rings (SSSR count). The number of hydrogen-bond donors (Lipinski definition) is 1. The van der Waals surface area contributed by atoms with Crippen LogP contribution in [0.3, 0.4) is 0 Å². The molecule has 0 unspecified atom stereocenters. The smallest absolute Gasteiger partial charge is 0.321 e. The van der Waals surface area contributed by atoms with Crippen molar-refractivity contribution in [3.63, 3.8) is 0 Å². The second-order valence-corrected chi connectivity index (χ2v) is 9.97. The van der Waals surface area contributed by atoms with Gasteiger partial charge in [-0.2, -0.15) is 0 Å². The van der Waals surface area contributed by atoms with Gasteiger partial charge >= 0.3 is 6.03 Å². The Morgan fingerprint density at radius 1 is 1.00 bits per heavy atom. The number of likely N-dealkylation sites (tertiary alicyclic amines) is 1. The molecule has 1 aliphatic carbocycles. The molecule has 1 saturated carbocycles. The van der Waals surface area contributed by atoms with Crippen molar-refractivity contribution >= 4 is 22.8 Å². The van der Waals surface area contributed by atoms with Gasteiger partial charge in [0.15, 0.2) is 0 Å². The highest BCUT2D eigenvalue weighted by molar-refractivity contribution is 5.89. The summed E-state index contributed by atoms with van der Waals surface area (Å²) in [7, 11) is 1.62. The highest BCUT2D eigenvalue weighted by Gasteiger charge is 2.45. The van der Waals surface area contributed by atoms with Crippen molar-refractivity contribution in [2.75, 3.05) is 25.5 Å². The van der Waals surface area contributed by atoms with Crippen LogP contribution in [0.25, 0.3) is 11.0 Å². The lowest BCUT2D eigenvalue weighted by molar-refractivity contribution is 0.0522. The summed E-state index contributed by atoms with van der Waals surface area (Å²) in [6.07, 6.45) is 3.44. The molecule has 2 aromatic carbocycles. The quantitative estimate of drug-likeness (QED) is 0.404. The zero-order valence-corrected chi connectivity index (χ0v) is 21.1. The predicted octanol–water partition coefficient (Wildman–Crippen LogP) is 5.31. The first kappa shape index (κ1) is 23.3. The third-order valence-electron chi connectivity index (χ3n) is 7.71. The highest BCUT2D eigenvalue weighted by Crippen LogP contribution is 2.44. The minimum atomic E-state index is -0.0781. The van der Waals surface area contributed by atoms with E-state index in [1.165, 1.54) is 0 Å². The van der Waals surface area contributed by atoms with Gasteiger partial charge in [-0.05, 0) is 61.9 Å². The van der Waals surface area contributed by atoms with Gasteiger partial charge in [-0.1, -0.05) is 24.3 Å². The van der Waals surface area contributed by atoms with E-state index in [0.717, 1.165) is 41.9 Å². The number of carbonyl (C=O) groups is 1. The van der Waals surface area contributed by atoms with Crippen LogP contribution in [0.1, 0.15) is 24.7 Å². The number of methoxy groups -OCH3 is 1. The summed E-state index contributed by atoms with van der Waals surface area (Å²) < 4.78 is 14.2. The number of hydrogen-bond acceptors (Lipinski definition) is 5. The molecule has 0 radical (unpaired) electrons. The van der Waals surface area contributed by atoms with Gasteiger partial charge in [0.25, 0.3) is 0 Å². The van der Waals surface area contributed by atoms with Gasteiger partial charge in [-0.15, -0.1) is 0 Å². The van der Waals surface area contributed by atoms with Crippen LogP contribution in [0.15, 0.2) is 72.9 Å². The van der Waals surface area contributed by atoms with Gasteiger partial charge in [0, 0.05) is 37.1 Å². The van der Waals surface area contributed by atoms with E-state index in [2.05, 4.69) is 40.0 Å². The molecular weight excluding hydrogens is 466 g/mol. The number of pyridine rings is 1. The number of benzene rings is 2. The third-order valence-corrected chi connectivity index (χ3v) is 7.71. The number of anilines is 1. The topological polar surface area (TPSA) is 81.5 Å². The Kier molecular flexibility index (Phi) is 6.16. The lowest BCUT2D eigenvalue weighted by Crippen LogP contribution is -2.40. The summed E-state index contributed by atoms with van der Waals surface area (Å²) in [5, 5.41) is 3.04. The molecular formula is C29H31N5O3. The fraction of sp³-hybridized carbons (Fsp3) is 0.345. The number of urea groups is 1. The first-order valence-electron chi connectivity index (χ1n) is 12.8. The van der Waals surface area contributed by atoms with Crippen LogP contribution in [-0.2, 0) is 0 Å². The Morgan fingerprint density at radius 2 is 1.81 bits per heavy atom. The number of nitrogens with one attached hydrogen (secondary N) is 1. The molecule has 1 aliphatic heterocycles. The summed E-state index contributed by atoms with van der Waals surface area (Å²) in [6.45, 7) is 3.49. The SMILES string of the molecule is COc1cccc(NC(=O)N2C[C@H]3C[C@H](Oc4ccccn4)[C@@H](n4c(C)nc5ccccc54)C[C@H]3C2)c1. The van der Waals surface area contributed by atoms with E-state index < -0.39 is 0 Å². The number of rotatable bonds is 5. The zero-order valence-electron chi connectivity index (χ0n) is 21.1. The molecule has 8 nitrogen and oxygen atoms in total. The number of imidazole rings is 1. The molecule has 2 aliphatic rings. The average molecular weight is 498 g/mol. The lowest BCUT2D eigenvalue weighted by Gasteiger charge is -2.39. The first-order valence-corrected chi connectivity index (χ1v) is 12.8. The first-order chi connectivity index (χ1) is 18.1. The van der Waals surface area contributed by atoms with E-state index in [-0.39, 0.29) is 18.2 Å². The van der Waals surface area contributed by atoms with Crippen LogP contribution in [-0.4, -0.2) is 51.8 Å². The van der Waals surface area contributed by atoms with E-state index in [1.54, 1.807) is 13.3 Å². The van der Waals surface area contributed by atoms with Gasteiger partial charge in [0.1, 0.15) is 17.7 Å². The summed E-state index contributed by atoms with van der Waals surface area (Å²) >= 11 is 0. The van der Waals surface area contributed by atoms with Crippen LogP contribution in [0.5, 0.6) is 11.6 Å². The van der Waals surface area contributed by atoms with E-state index in [0.29, 0.717) is 30.0 Å². The number of aryl methyl sites for hydroxylation is 1. The van der Waals surface area contributed by atoms with Crippen LogP contribution < -0.4 is 14.8 Å². The molecule has 190 valence electrons. The summed E-state index contributed by atoms with van der Waals surface area (Å²) in [5.74, 6) is 3.06. The second-order valence-electron chi connectivity index (χ2n) is 9.97. The van der Waals surface area contributed by atoms with E-state index in [1.807, 2.05) is 53.4 Å². The molecule has 3 heterocycles. The van der Waals surface area contributed by atoms with Gasteiger partial charge in [-0.25, -0.2) is 14.8 Å². The van der Waals surface area contributed by atoms with Crippen LogP contribution in [0.2, 0.25) is 0 Å². The van der Waals surface area contributed by atoms with Crippen LogP contribution in [0.4, 0.5) is 10.5 Å². The molecule has 2 fully saturated rings. The van der Waals surface area contributed by atoms with Crippen molar-refractivity contribution in [1.29, 1.82) is 0 Å². The second kappa shape index (κ2) is 9.76.